The lowest BCUT2D eigenvalue weighted by atomic mass is 10.1. The number of nitrogens with one attached hydrogen (secondary N) is 3. The third kappa shape index (κ3) is 7.29. The zero-order valence-electron chi connectivity index (χ0n) is 23.0. The van der Waals surface area contributed by atoms with Crippen LogP contribution in [0.25, 0.3) is 0 Å². The zero-order valence-corrected chi connectivity index (χ0v) is 26.8. The van der Waals surface area contributed by atoms with Crippen LogP contribution in [0.5, 0.6) is 0 Å². The molecule has 7 nitrogen and oxygen atoms in total. The summed E-state index contributed by atoms with van der Waals surface area (Å²) in [5.41, 5.74) is -1.18. The third-order valence-corrected chi connectivity index (χ3v) is 8.55. The fourth-order valence-electron chi connectivity index (χ4n) is 4.36. The van der Waals surface area contributed by atoms with Crippen LogP contribution in [-0.4, -0.2) is 27.8 Å². The van der Waals surface area contributed by atoms with Gasteiger partial charge in [0, 0.05) is 11.6 Å². The molecule has 0 spiro atoms. The van der Waals surface area contributed by atoms with E-state index in [-0.39, 0.29) is 21.3 Å². The monoisotopic (exact) mass is 691 g/mol. The van der Waals surface area contributed by atoms with Crippen molar-refractivity contribution in [2.24, 2.45) is 5.92 Å². The second-order valence-electron chi connectivity index (χ2n) is 10.8. The summed E-state index contributed by atoms with van der Waals surface area (Å²) in [6, 6.07) is 9.39. The molecule has 228 valence electrons. The predicted molar refractivity (Wildman–Crippen MR) is 166 cm³/mol. The van der Waals surface area contributed by atoms with Gasteiger partial charge in [-0.15, -0.1) is 23.2 Å². The van der Waals surface area contributed by atoms with Crippen molar-refractivity contribution in [3.63, 3.8) is 0 Å². The Morgan fingerprint density at radius 1 is 0.907 bits per heavy atom. The molecule has 3 amide bonds. The standard InChI is InChI=1S/C29H24Cl5F2N3O4/c1-12-9-14(37-26(41)21-20(29(21,33)34)13-5-6-16(30)17(31)10-13)11-15(22(12)32)25(40)39-24-18(35)7-8-19(23(24)36)38-27(42)43-28(2,3)4/h5-11,20-21H,1-4H3,(H,37,41)(H,38,42)(H,39,40)/t20-,21+/m0/s1. The Bertz CT molecular complexity index is 1650. The largest absolute Gasteiger partial charge is 0.444 e. The van der Waals surface area contributed by atoms with Gasteiger partial charge in [-0.25, -0.2) is 13.6 Å². The average Bonchev–Trinajstić information content (AvgIpc) is 3.47. The number of amides is 3. The van der Waals surface area contributed by atoms with Crippen LogP contribution in [0.1, 0.15) is 48.2 Å². The molecule has 0 radical (unpaired) electrons. The van der Waals surface area contributed by atoms with Crippen LogP contribution < -0.4 is 16.0 Å². The Labute approximate surface area is 271 Å². The van der Waals surface area contributed by atoms with E-state index in [0.717, 1.165) is 12.1 Å². The molecule has 3 N–H and O–H groups in total. The first-order valence-electron chi connectivity index (χ1n) is 12.6. The van der Waals surface area contributed by atoms with E-state index in [4.69, 9.17) is 62.7 Å². The van der Waals surface area contributed by atoms with Crippen molar-refractivity contribution < 1.29 is 27.9 Å². The van der Waals surface area contributed by atoms with Crippen LogP contribution in [-0.2, 0) is 9.53 Å². The number of anilines is 3. The highest BCUT2D eigenvalue weighted by Crippen LogP contribution is 2.65. The van der Waals surface area contributed by atoms with Crippen LogP contribution in [0.3, 0.4) is 0 Å². The fourth-order valence-corrected chi connectivity index (χ4v) is 5.69. The molecule has 1 saturated carbocycles. The predicted octanol–water partition coefficient (Wildman–Crippen LogP) is 9.36. The molecule has 0 bridgehead atoms. The minimum atomic E-state index is -1.43. The Morgan fingerprint density at radius 2 is 1.58 bits per heavy atom. The molecule has 43 heavy (non-hydrogen) atoms. The van der Waals surface area contributed by atoms with Crippen molar-refractivity contribution in [1.82, 2.24) is 0 Å². The lowest BCUT2D eigenvalue weighted by molar-refractivity contribution is -0.117. The molecule has 3 aromatic carbocycles. The molecule has 0 aliphatic heterocycles. The first-order chi connectivity index (χ1) is 19.9. The molecule has 0 unspecified atom stereocenters. The maximum Gasteiger partial charge on any atom is 0.412 e. The van der Waals surface area contributed by atoms with Crippen molar-refractivity contribution in [1.29, 1.82) is 0 Å². The quantitative estimate of drug-likeness (QED) is 0.224. The van der Waals surface area contributed by atoms with Crippen LogP contribution in [0.15, 0.2) is 42.5 Å². The van der Waals surface area contributed by atoms with Crippen molar-refractivity contribution >= 4 is 93.0 Å². The smallest absolute Gasteiger partial charge is 0.412 e. The molecule has 1 aliphatic rings. The summed E-state index contributed by atoms with van der Waals surface area (Å²) < 4.78 is 33.4. The highest BCUT2D eigenvalue weighted by Gasteiger charge is 2.67. The Balaban J connectivity index is 1.54. The minimum Gasteiger partial charge on any atom is -0.444 e. The Kier molecular flexibility index (Phi) is 9.45. The van der Waals surface area contributed by atoms with E-state index in [0.29, 0.717) is 16.1 Å². The highest BCUT2D eigenvalue weighted by atomic mass is 35.5. The number of hydrogen-bond donors (Lipinski definition) is 3. The maximum absolute atomic E-state index is 15.2. The second kappa shape index (κ2) is 12.3. The van der Waals surface area contributed by atoms with Crippen molar-refractivity contribution in [2.75, 3.05) is 16.0 Å². The van der Waals surface area contributed by atoms with Gasteiger partial charge in [0.1, 0.15) is 21.4 Å². The van der Waals surface area contributed by atoms with Gasteiger partial charge in [-0.3, -0.25) is 14.9 Å². The summed E-state index contributed by atoms with van der Waals surface area (Å²) in [6.07, 6.45) is -0.979. The Hall–Kier alpha value is -2.82. The third-order valence-electron chi connectivity index (χ3n) is 6.37. The summed E-state index contributed by atoms with van der Waals surface area (Å²) in [6.45, 7) is 6.41. The zero-order chi connectivity index (χ0) is 32.0. The average molecular weight is 694 g/mol. The summed E-state index contributed by atoms with van der Waals surface area (Å²) >= 11 is 31.3. The van der Waals surface area contributed by atoms with Crippen LogP contribution in [0, 0.1) is 24.5 Å². The van der Waals surface area contributed by atoms with Gasteiger partial charge in [0.25, 0.3) is 5.91 Å². The summed E-state index contributed by atoms with van der Waals surface area (Å²) in [7, 11) is 0. The maximum atomic E-state index is 15.2. The minimum absolute atomic E-state index is 0.0245. The van der Waals surface area contributed by atoms with Gasteiger partial charge in [-0.05, 0) is 75.2 Å². The molecule has 3 aromatic rings. The summed E-state index contributed by atoms with van der Waals surface area (Å²) in [5.74, 6) is -5.36. The molecule has 14 heteroatoms. The highest BCUT2D eigenvalue weighted by molar-refractivity contribution is 6.53. The van der Waals surface area contributed by atoms with E-state index in [1.54, 1.807) is 45.9 Å². The van der Waals surface area contributed by atoms with Gasteiger partial charge >= 0.3 is 6.09 Å². The Morgan fingerprint density at radius 3 is 2.21 bits per heavy atom. The van der Waals surface area contributed by atoms with Crippen LogP contribution in [0.4, 0.5) is 30.6 Å². The first-order valence-corrected chi connectivity index (χ1v) is 14.5. The molecular weight excluding hydrogens is 670 g/mol. The van der Waals surface area contributed by atoms with E-state index < -0.39 is 62.7 Å². The molecule has 0 heterocycles. The van der Waals surface area contributed by atoms with E-state index in [1.807, 2.05) is 0 Å². The SMILES string of the molecule is Cc1cc(NC(=O)[C@H]2[C@H](c3ccc(Cl)c(Cl)c3)C2(Cl)Cl)cc(C(=O)Nc2c(F)ccc(NC(=O)OC(C)(C)C)c2F)c1Cl. The number of ether oxygens (including phenoxy) is 1. The van der Waals surface area contributed by atoms with Crippen molar-refractivity contribution in [3.05, 3.63) is 85.9 Å². The van der Waals surface area contributed by atoms with Gasteiger partial charge in [-0.2, -0.15) is 0 Å². The number of rotatable bonds is 6. The van der Waals surface area contributed by atoms with E-state index in [2.05, 4.69) is 16.0 Å². The van der Waals surface area contributed by atoms with E-state index in [1.165, 1.54) is 12.1 Å². The molecule has 1 fully saturated rings. The molecule has 2 atom stereocenters. The van der Waals surface area contributed by atoms with Gasteiger partial charge in [0.2, 0.25) is 5.91 Å². The lowest BCUT2D eigenvalue weighted by Gasteiger charge is -2.20. The molecule has 0 aromatic heterocycles. The van der Waals surface area contributed by atoms with E-state index in [9.17, 15) is 18.8 Å². The number of aryl methyl sites for hydroxylation is 1. The van der Waals surface area contributed by atoms with Gasteiger partial charge in [0.15, 0.2) is 5.82 Å². The number of hydrogen-bond acceptors (Lipinski definition) is 4. The van der Waals surface area contributed by atoms with Gasteiger partial charge < -0.3 is 15.4 Å². The summed E-state index contributed by atoms with van der Waals surface area (Å²) in [4.78, 5) is 38.4. The molecular formula is C29H24Cl5F2N3O4. The van der Waals surface area contributed by atoms with Gasteiger partial charge in [-0.1, -0.05) is 40.9 Å². The van der Waals surface area contributed by atoms with Crippen molar-refractivity contribution in [3.8, 4) is 0 Å². The van der Waals surface area contributed by atoms with Crippen LogP contribution >= 0.6 is 58.0 Å². The number of carbonyl (C=O) groups is 3. The topological polar surface area (TPSA) is 96.5 Å². The van der Waals surface area contributed by atoms with Crippen molar-refractivity contribution in [2.45, 2.75) is 43.5 Å². The number of alkyl halides is 2. The lowest BCUT2D eigenvalue weighted by Crippen LogP contribution is -2.27. The van der Waals surface area contributed by atoms with Gasteiger partial charge in [0.05, 0.1) is 32.2 Å². The van der Waals surface area contributed by atoms with Crippen LogP contribution in [0.2, 0.25) is 15.1 Å². The second-order valence-corrected chi connectivity index (χ2v) is 13.4. The van der Waals surface area contributed by atoms with E-state index >= 15 is 4.39 Å². The number of halogens is 7. The molecule has 1 aliphatic carbocycles. The normalized spacial score (nSPS) is 17.2. The fraction of sp³-hybridized carbons (Fsp3) is 0.276. The summed E-state index contributed by atoms with van der Waals surface area (Å²) in [5, 5.41) is 7.58. The number of benzene rings is 3. The number of carbonyl (C=O) groups excluding carboxylic acids is 3. The molecule has 4 rings (SSSR count). The first kappa shape index (κ1) is 33.1. The molecule has 0 saturated heterocycles.